The standard InChI is InChI=1S/C23H20N4O2S/c28-22-18-10-11-27(13-16-5-2-1-3-6-16)14-19(18)25-21(26-22)9-8-17-15-30-23(24-17)20-7-4-12-29-20/h1-9,12,15H,10-11,13-14H2,(H,25,26,28)/b9-8+. The van der Waals surface area contributed by atoms with Gasteiger partial charge < -0.3 is 9.40 Å². The number of H-pyrrole nitrogens is 1. The third kappa shape index (κ3) is 4.03. The van der Waals surface area contributed by atoms with Gasteiger partial charge in [-0.25, -0.2) is 9.97 Å². The first-order valence-corrected chi connectivity index (χ1v) is 10.7. The van der Waals surface area contributed by atoms with Crippen molar-refractivity contribution < 1.29 is 4.42 Å². The van der Waals surface area contributed by atoms with Crippen molar-refractivity contribution >= 4 is 23.5 Å². The molecule has 0 unspecified atom stereocenters. The number of hydrogen-bond acceptors (Lipinski definition) is 6. The zero-order valence-electron chi connectivity index (χ0n) is 16.2. The highest BCUT2D eigenvalue weighted by molar-refractivity contribution is 7.13. The van der Waals surface area contributed by atoms with E-state index in [-0.39, 0.29) is 5.56 Å². The number of nitrogens with zero attached hydrogens (tertiary/aromatic N) is 3. The highest BCUT2D eigenvalue weighted by Gasteiger charge is 2.20. The second-order valence-electron chi connectivity index (χ2n) is 7.21. The molecule has 7 heteroatoms. The Bertz CT molecular complexity index is 1230. The number of aromatic amines is 1. The molecular weight excluding hydrogens is 396 g/mol. The van der Waals surface area contributed by atoms with E-state index in [0.717, 1.165) is 40.8 Å². The van der Waals surface area contributed by atoms with E-state index in [4.69, 9.17) is 9.40 Å². The molecule has 4 aromatic rings. The average molecular weight is 417 g/mol. The van der Waals surface area contributed by atoms with Crippen molar-refractivity contribution in [1.82, 2.24) is 19.9 Å². The molecule has 0 radical (unpaired) electrons. The zero-order valence-corrected chi connectivity index (χ0v) is 17.1. The normalized spacial score (nSPS) is 14.3. The molecule has 3 aromatic heterocycles. The third-order valence-electron chi connectivity index (χ3n) is 5.09. The predicted octanol–water partition coefficient (Wildman–Crippen LogP) is 4.22. The van der Waals surface area contributed by atoms with Gasteiger partial charge >= 0.3 is 0 Å². The highest BCUT2D eigenvalue weighted by Crippen LogP contribution is 2.24. The first kappa shape index (κ1) is 18.7. The number of nitrogens with one attached hydrogen (secondary N) is 1. The van der Waals surface area contributed by atoms with Crippen LogP contribution in [0, 0.1) is 0 Å². The minimum Gasteiger partial charge on any atom is -0.462 e. The van der Waals surface area contributed by atoms with Crippen LogP contribution in [0.2, 0.25) is 0 Å². The largest absolute Gasteiger partial charge is 0.462 e. The summed E-state index contributed by atoms with van der Waals surface area (Å²) in [5, 5.41) is 2.77. The van der Waals surface area contributed by atoms with Crippen molar-refractivity contribution in [2.24, 2.45) is 0 Å². The molecule has 4 heterocycles. The molecule has 1 N–H and O–H groups in total. The fourth-order valence-electron chi connectivity index (χ4n) is 3.61. The fraction of sp³-hybridized carbons (Fsp3) is 0.174. The number of thiazole rings is 1. The molecule has 6 nitrogen and oxygen atoms in total. The summed E-state index contributed by atoms with van der Waals surface area (Å²) in [6, 6.07) is 14.1. The summed E-state index contributed by atoms with van der Waals surface area (Å²) in [5.74, 6) is 1.30. The Hall–Kier alpha value is -3.29. The molecule has 0 saturated heterocycles. The summed E-state index contributed by atoms with van der Waals surface area (Å²) < 4.78 is 5.39. The summed E-state index contributed by atoms with van der Waals surface area (Å²) in [7, 11) is 0. The zero-order chi connectivity index (χ0) is 20.3. The molecule has 0 atom stereocenters. The lowest BCUT2D eigenvalue weighted by Crippen LogP contribution is -2.35. The maximum Gasteiger partial charge on any atom is 0.254 e. The monoisotopic (exact) mass is 416 g/mol. The van der Waals surface area contributed by atoms with Crippen LogP contribution in [0.15, 0.2) is 63.3 Å². The van der Waals surface area contributed by atoms with Gasteiger partial charge in [-0.05, 0) is 36.3 Å². The Morgan fingerprint density at radius 3 is 2.87 bits per heavy atom. The van der Waals surface area contributed by atoms with Gasteiger partial charge in [-0.1, -0.05) is 30.3 Å². The number of rotatable bonds is 5. The fourth-order valence-corrected chi connectivity index (χ4v) is 4.36. The van der Waals surface area contributed by atoms with Gasteiger partial charge in [0.25, 0.3) is 5.56 Å². The van der Waals surface area contributed by atoms with Crippen molar-refractivity contribution in [2.75, 3.05) is 6.54 Å². The van der Waals surface area contributed by atoms with Gasteiger partial charge in [0.15, 0.2) is 10.8 Å². The maximum atomic E-state index is 12.5. The Morgan fingerprint density at radius 1 is 1.13 bits per heavy atom. The molecule has 5 rings (SSSR count). The minimum absolute atomic E-state index is 0.0476. The predicted molar refractivity (Wildman–Crippen MR) is 118 cm³/mol. The molecule has 30 heavy (non-hydrogen) atoms. The van der Waals surface area contributed by atoms with E-state index in [1.165, 1.54) is 16.9 Å². The van der Waals surface area contributed by atoms with E-state index >= 15 is 0 Å². The summed E-state index contributed by atoms with van der Waals surface area (Å²) in [5.41, 5.74) is 3.67. The van der Waals surface area contributed by atoms with Crippen LogP contribution >= 0.6 is 11.3 Å². The molecule has 1 aliphatic rings. The first-order chi connectivity index (χ1) is 14.7. The molecule has 0 saturated carbocycles. The van der Waals surface area contributed by atoms with E-state index in [2.05, 4.69) is 39.1 Å². The van der Waals surface area contributed by atoms with Crippen molar-refractivity contribution in [3.8, 4) is 10.8 Å². The molecule has 1 aromatic carbocycles. The van der Waals surface area contributed by atoms with E-state index in [1.54, 1.807) is 12.3 Å². The number of furan rings is 1. The second kappa shape index (κ2) is 8.22. The Kier molecular flexibility index (Phi) is 5.13. The smallest absolute Gasteiger partial charge is 0.254 e. The van der Waals surface area contributed by atoms with Crippen LogP contribution < -0.4 is 5.56 Å². The van der Waals surface area contributed by atoms with Crippen LogP contribution in [0.5, 0.6) is 0 Å². The van der Waals surface area contributed by atoms with Gasteiger partial charge in [0.2, 0.25) is 0 Å². The van der Waals surface area contributed by atoms with Crippen LogP contribution in [0.1, 0.15) is 28.3 Å². The highest BCUT2D eigenvalue weighted by atomic mass is 32.1. The van der Waals surface area contributed by atoms with Crippen LogP contribution in [-0.2, 0) is 19.5 Å². The van der Waals surface area contributed by atoms with Crippen molar-refractivity contribution in [3.05, 3.63) is 92.8 Å². The SMILES string of the molecule is O=c1[nH]c(/C=C/c2csc(-c3ccco3)n2)nc2c1CCN(Cc1ccccc1)C2. The van der Waals surface area contributed by atoms with Crippen molar-refractivity contribution in [1.29, 1.82) is 0 Å². The number of aromatic nitrogens is 3. The lowest BCUT2D eigenvalue weighted by atomic mass is 10.1. The van der Waals surface area contributed by atoms with Crippen molar-refractivity contribution in [3.63, 3.8) is 0 Å². The van der Waals surface area contributed by atoms with Gasteiger partial charge in [0.05, 0.1) is 17.7 Å². The van der Waals surface area contributed by atoms with Gasteiger partial charge in [-0.2, -0.15) is 0 Å². The van der Waals surface area contributed by atoms with E-state index in [9.17, 15) is 4.79 Å². The number of fused-ring (bicyclic) bond motifs is 1. The lowest BCUT2D eigenvalue weighted by Gasteiger charge is -2.27. The lowest BCUT2D eigenvalue weighted by molar-refractivity contribution is 0.240. The minimum atomic E-state index is -0.0476. The molecule has 0 bridgehead atoms. The van der Waals surface area contributed by atoms with E-state index < -0.39 is 0 Å². The topological polar surface area (TPSA) is 75.0 Å². The van der Waals surface area contributed by atoms with Gasteiger partial charge in [-0.3, -0.25) is 9.69 Å². The third-order valence-corrected chi connectivity index (χ3v) is 5.96. The number of benzene rings is 1. The first-order valence-electron chi connectivity index (χ1n) is 9.80. The van der Waals surface area contributed by atoms with Crippen LogP contribution in [0.25, 0.3) is 22.9 Å². The average Bonchev–Trinajstić information content (AvgIpc) is 3.45. The molecule has 0 spiro atoms. The second-order valence-corrected chi connectivity index (χ2v) is 8.07. The number of hydrogen-bond donors (Lipinski definition) is 1. The molecule has 1 aliphatic heterocycles. The maximum absolute atomic E-state index is 12.5. The summed E-state index contributed by atoms with van der Waals surface area (Å²) in [6.07, 6.45) is 6.01. The summed E-state index contributed by atoms with van der Waals surface area (Å²) >= 11 is 1.51. The van der Waals surface area contributed by atoms with Crippen LogP contribution in [0.3, 0.4) is 0 Å². The Morgan fingerprint density at radius 2 is 2.03 bits per heavy atom. The molecule has 0 aliphatic carbocycles. The van der Waals surface area contributed by atoms with Gasteiger partial charge in [0, 0.05) is 30.6 Å². The van der Waals surface area contributed by atoms with Gasteiger partial charge in [0.1, 0.15) is 5.82 Å². The molecule has 0 fully saturated rings. The van der Waals surface area contributed by atoms with Crippen LogP contribution in [-0.4, -0.2) is 26.4 Å². The molecular formula is C23H20N4O2S. The molecule has 0 amide bonds. The van der Waals surface area contributed by atoms with Crippen molar-refractivity contribution in [2.45, 2.75) is 19.5 Å². The van der Waals surface area contributed by atoms with E-state index in [1.807, 2.05) is 29.7 Å². The molecule has 150 valence electrons. The summed E-state index contributed by atoms with van der Waals surface area (Å²) in [4.78, 5) is 27.0. The summed E-state index contributed by atoms with van der Waals surface area (Å²) in [6.45, 7) is 2.39. The Labute approximate surface area is 177 Å². The van der Waals surface area contributed by atoms with E-state index in [0.29, 0.717) is 18.8 Å². The Balaban J connectivity index is 1.34. The van der Waals surface area contributed by atoms with Crippen LogP contribution in [0.4, 0.5) is 0 Å². The van der Waals surface area contributed by atoms with Gasteiger partial charge in [-0.15, -0.1) is 11.3 Å². The quantitative estimate of drug-likeness (QED) is 0.527.